The zero-order valence-corrected chi connectivity index (χ0v) is 6.22. The maximum Gasteiger partial charge on any atom is 0.0285 e. The largest absolute Gasteiger partial charge is 0.324 e. The lowest BCUT2D eigenvalue weighted by Crippen LogP contribution is -2.19. The van der Waals surface area contributed by atoms with E-state index in [1.807, 2.05) is 26.0 Å². The molecule has 0 rings (SSSR count). The maximum absolute atomic E-state index is 5.70. The van der Waals surface area contributed by atoms with Gasteiger partial charge in [-0.1, -0.05) is 17.7 Å². The van der Waals surface area contributed by atoms with E-state index in [1.54, 1.807) is 0 Å². The van der Waals surface area contributed by atoms with Crippen molar-refractivity contribution in [3.8, 4) is 0 Å². The van der Waals surface area contributed by atoms with Gasteiger partial charge in [0, 0.05) is 6.04 Å². The molecule has 0 amide bonds. The molecule has 1 nitrogen and oxygen atoms in total. The highest BCUT2D eigenvalue weighted by Gasteiger charge is 1.98. The molecule has 0 radical (unpaired) electrons. The van der Waals surface area contributed by atoms with Crippen LogP contribution < -0.4 is 5.73 Å². The van der Waals surface area contributed by atoms with Gasteiger partial charge in [-0.15, -0.1) is 6.58 Å². The van der Waals surface area contributed by atoms with Gasteiger partial charge in [0.25, 0.3) is 0 Å². The van der Waals surface area contributed by atoms with Crippen LogP contribution in [-0.2, 0) is 0 Å². The first kappa shape index (κ1) is 8.44. The Labute approximate surface area is 57.3 Å². The summed E-state index contributed by atoms with van der Waals surface area (Å²) in [5, 5.41) is 0. The summed E-state index contributed by atoms with van der Waals surface area (Å²) in [5.74, 6) is 0. The van der Waals surface area contributed by atoms with E-state index in [0.29, 0.717) is 0 Å². The standard InChI is InChI=1S/C8H15N/c1-4-6-8(9)7(3)5-2/h4-5,8H,1,6,9H2,2-3H3/b7-5-. The third-order valence-electron chi connectivity index (χ3n) is 1.46. The summed E-state index contributed by atoms with van der Waals surface area (Å²) in [6, 6.07) is 0.174. The SMILES string of the molecule is C=CCC(N)/C(C)=C\C. The van der Waals surface area contributed by atoms with Gasteiger partial charge in [0.2, 0.25) is 0 Å². The Hall–Kier alpha value is -0.560. The van der Waals surface area contributed by atoms with Gasteiger partial charge in [0.05, 0.1) is 0 Å². The van der Waals surface area contributed by atoms with Crippen LogP contribution >= 0.6 is 0 Å². The summed E-state index contributed by atoms with van der Waals surface area (Å²) >= 11 is 0. The van der Waals surface area contributed by atoms with Gasteiger partial charge in [-0.05, 0) is 20.3 Å². The molecule has 0 saturated carbocycles. The van der Waals surface area contributed by atoms with E-state index in [9.17, 15) is 0 Å². The summed E-state index contributed by atoms with van der Waals surface area (Å²) in [6.45, 7) is 7.64. The molecule has 1 atom stereocenters. The number of nitrogens with two attached hydrogens (primary N) is 1. The van der Waals surface area contributed by atoms with Crippen LogP contribution in [0.4, 0.5) is 0 Å². The molecule has 0 spiro atoms. The average Bonchev–Trinajstić information content (AvgIpc) is 1.87. The summed E-state index contributed by atoms with van der Waals surface area (Å²) in [5.41, 5.74) is 6.93. The van der Waals surface area contributed by atoms with Gasteiger partial charge in [-0.3, -0.25) is 0 Å². The second kappa shape index (κ2) is 4.33. The van der Waals surface area contributed by atoms with Crippen molar-refractivity contribution < 1.29 is 0 Å². The van der Waals surface area contributed by atoms with E-state index in [1.165, 1.54) is 5.57 Å². The van der Waals surface area contributed by atoms with E-state index >= 15 is 0 Å². The lowest BCUT2D eigenvalue weighted by Gasteiger charge is -2.07. The fourth-order valence-electron chi connectivity index (χ4n) is 0.580. The number of allylic oxidation sites excluding steroid dienone is 1. The highest BCUT2D eigenvalue weighted by molar-refractivity contribution is 5.06. The molecule has 9 heavy (non-hydrogen) atoms. The molecule has 0 bridgehead atoms. The monoisotopic (exact) mass is 125 g/mol. The van der Waals surface area contributed by atoms with Crippen LogP contribution in [0, 0.1) is 0 Å². The van der Waals surface area contributed by atoms with Crippen LogP contribution in [0.25, 0.3) is 0 Å². The zero-order valence-electron chi connectivity index (χ0n) is 6.22. The van der Waals surface area contributed by atoms with Crippen LogP contribution in [-0.4, -0.2) is 6.04 Å². The third-order valence-corrected chi connectivity index (χ3v) is 1.46. The van der Waals surface area contributed by atoms with E-state index in [4.69, 9.17) is 5.73 Å². The van der Waals surface area contributed by atoms with Crippen molar-refractivity contribution in [2.45, 2.75) is 26.3 Å². The quantitative estimate of drug-likeness (QED) is 0.572. The summed E-state index contributed by atoms with van der Waals surface area (Å²) in [7, 11) is 0. The highest BCUT2D eigenvalue weighted by atomic mass is 14.6. The molecule has 0 fully saturated rings. The predicted octanol–water partition coefficient (Wildman–Crippen LogP) is 1.86. The lowest BCUT2D eigenvalue weighted by molar-refractivity contribution is 0.783. The van der Waals surface area contributed by atoms with Crippen LogP contribution in [0.15, 0.2) is 24.3 Å². The zero-order chi connectivity index (χ0) is 7.28. The Morgan fingerprint density at radius 3 is 2.67 bits per heavy atom. The van der Waals surface area contributed by atoms with E-state index < -0.39 is 0 Å². The molecular weight excluding hydrogens is 110 g/mol. The van der Waals surface area contributed by atoms with Crippen molar-refractivity contribution >= 4 is 0 Å². The third kappa shape index (κ3) is 3.09. The second-order valence-corrected chi connectivity index (χ2v) is 2.16. The Bertz CT molecular complexity index is 114. The molecule has 2 N–H and O–H groups in total. The summed E-state index contributed by atoms with van der Waals surface area (Å²) in [6.07, 6.45) is 4.75. The fourth-order valence-corrected chi connectivity index (χ4v) is 0.580. The Morgan fingerprint density at radius 2 is 2.33 bits per heavy atom. The first-order valence-electron chi connectivity index (χ1n) is 3.21. The van der Waals surface area contributed by atoms with Gasteiger partial charge < -0.3 is 5.73 Å². The van der Waals surface area contributed by atoms with Crippen LogP contribution in [0.3, 0.4) is 0 Å². The molecule has 1 unspecified atom stereocenters. The van der Waals surface area contributed by atoms with Crippen molar-refractivity contribution in [2.75, 3.05) is 0 Å². The van der Waals surface area contributed by atoms with Crippen molar-refractivity contribution in [3.05, 3.63) is 24.3 Å². The Balaban J connectivity index is 3.72. The molecule has 0 aromatic heterocycles. The number of rotatable bonds is 3. The van der Waals surface area contributed by atoms with Gasteiger partial charge in [0.15, 0.2) is 0 Å². The summed E-state index contributed by atoms with van der Waals surface area (Å²) in [4.78, 5) is 0. The first-order chi connectivity index (χ1) is 4.22. The lowest BCUT2D eigenvalue weighted by atomic mass is 10.1. The molecule has 0 aliphatic carbocycles. The van der Waals surface area contributed by atoms with Gasteiger partial charge in [-0.2, -0.15) is 0 Å². The topological polar surface area (TPSA) is 26.0 Å². The minimum absolute atomic E-state index is 0.174. The second-order valence-electron chi connectivity index (χ2n) is 2.16. The van der Waals surface area contributed by atoms with E-state index in [0.717, 1.165) is 6.42 Å². The molecule has 52 valence electrons. The van der Waals surface area contributed by atoms with E-state index in [2.05, 4.69) is 6.58 Å². The van der Waals surface area contributed by atoms with Crippen LogP contribution in [0.2, 0.25) is 0 Å². The van der Waals surface area contributed by atoms with Crippen molar-refractivity contribution in [1.82, 2.24) is 0 Å². The highest BCUT2D eigenvalue weighted by Crippen LogP contribution is 2.01. The molecule has 1 heteroatoms. The number of hydrogen-bond acceptors (Lipinski definition) is 1. The molecule has 0 saturated heterocycles. The van der Waals surface area contributed by atoms with Crippen LogP contribution in [0.5, 0.6) is 0 Å². The van der Waals surface area contributed by atoms with Gasteiger partial charge in [-0.25, -0.2) is 0 Å². The van der Waals surface area contributed by atoms with E-state index in [-0.39, 0.29) is 6.04 Å². The molecule has 0 aliphatic rings. The van der Waals surface area contributed by atoms with Gasteiger partial charge >= 0.3 is 0 Å². The minimum Gasteiger partial charge on any atom is -0.324 e. The molecule has 0 aliphatic heterocycles. The Morgan fingerprint density at radius 1 is 1.78 bits per heavy atom. The minimum atomic E-state index is 0.174. The average molecular weight is 125 g/mol. The van der Waals surface area contributed by atoms with Gasteiger partial charge in [0.1, 0.15) is 0 Å². The number of hydrogen-bond donors (Lipinski definition) is 1. The molecule has 0 aromatic carbocycles. The molecule has 0 aromatic rings. The van der Waals surface area contributed by atoms with Crippen LogP contribution in [0.1, 0.15) is 20.3 Å². The smallest absolute Gasteiger partial charge is 0.0285 e. The Kier molecular flexibility index (Phi) is 4.06. The normalized spacial score (nSPS) is 15.2. The van der Waals surface area contributed by atoms with Crippen molar-refractivity contribution in [2.24, 2.45) is 5.73 Å². The molecule has 0 heterocycles. The fraction of sp³-hybridized carbons (Fsp3) is 0.500. The first-order valence-corrected chi connectivity index (χ1v) is 3.21. The summed E-state index contributed by atoms with van der Waals surface area (Å²) < 4.78 is 0. The van der Waals surface area contributed by atoms with Crippen molar-refractivity contribution in [1.29, 1.82) is 0 Å². The predicted molar refractivity (Wildman–Crippen MR) is 42.2 cm³/mol. The molecular formula is C8H15N. The van der Waals surface area contributed by atoms with Crippen molar-refractivity contribution in [3.63, 3.8) is 0 Å². The maximum atomic E-state index is 5.70.